The van der Waals surface area contributed by atoms with Crippen LogP contribution in [0.15, 0.2) is 48.8 Å². The van der Waals surface area contributed by atoms with E-state index in [-0.39, 0.29) is 11.9 Å². The average molecular weight is 417 g/mol. The number of amides is 1. The lowest BCUT2D eigenvalue weighted by Crippen LogP contribution is -2.48. The van der Waals surface area contributed by atoms with E-state index >= 15 is 0 Å². The van der Waals surface area contributed by atoms with Gasteiger partial charge in [-0.3, -0.25) is 14.5 Å². The standard InChI is InChI=1S/C26H32N4O/c1-18-8-11-22(25-13-14-28-29(25)4)23(16-18)26(31)30-15-5-6-20(3)24(30)12-10-21-9-7-19(2)17-27-21/h7-9,11,13-14,16-17,20,24H,5-6,10,12,15H2,1-4H3/t20-,24-/m1/s1. The number of carbonyl (C=O) groups excluding carboxylic acids is 1. The average Bonchev–Trinajstić information content (AvgIpc) is 3.19. The van der Waals surface area contributed by atoms with Crippen LogP contribution in [0.2, 0.25) is 0 Å². The van der Waals surface area contributed by atoms with E-state index in [9.17, 15) is 4.79 Å². The molecule has 4 rings (SSSR count). The van der Waals surface area contributed by atoms with E-state index < -0.39 is 0 Å². The van der Waals surface area contributed by atoms with Crippen LogP contribution < -0.4 is 0 Å². The Kier molecular flexibility index (Phi) is 6.21. The molecule has 0 bridgehead atoms. The number of likely N-dealkylation sites (tertiary alicyclic amines) is 1. The number of hydrogen-bond acceptors (Lipinski definition) is 3. The second kappa shape index (κ2) is 9.04. The van der Waals surface area contributed by atoms with Crippen molar-refractivity contribution in [3.05, 3.63) is 71.2 Å². The Morgan fingerprint density at radius 3 is 2.65 bits per heavy atom. The molecule has 0 saturated carbocycles. The van der Waals surface area contributed by atoms with Crippen molar-refractivity contribution in [3.8, 4) is 11.3 Å². The molecule has 3 heterocycles. The molecule has 2 atom stereocenters. The summed E-state index contributed by atoms with van der Waals surface area (Å²) in [6.07, 6.45) is 7.76. The smallest absolute Gasteiger partial charge is 0.254 e. The van der Waals surface area contributed by atoms with Crippen LogP contribution in [0.25, 0.3) is 11.3 Å². The molecular weight excluding hydrogens is 384 g/mol. The summed E-state index contributed by atoms with van der Waals surface area (Å²) < 4.78 is 1.83. The van der Waals surface area contributed by atoms with Crippen molar-refractivity contribution in [2.75, 3.05) is 6.54 Å². The Hall–Kier alpha value is -2.95. The largest absolute Gasteiger partial charge is 0.335 e. The van der Waals surface area contributed by atoms with Crippen molar-refractivity contribution >= 4 is 5.91 Å². The fourth-order valence-electron chi connectivity index (χ4n) is 4.73. The van der Waals surface area contributed by atoms with Gasteiger partial charge in [-0.1, -0.05) is 30.7 Å². The number of piperidine rings is 1. The normalized spacial score (nSPS) is 18.9. The van der Waals surface area contributed by atoms with Crippen LogP contribution in [0.5, 0.6) is 0 Å². The van der Waals surface area contributed by atoms with Crippen molar-refractivity contribution in [1.29, 1.82) is 0 Å². The minimum absolute atomic E-state index is 0.133. The molecule has 1 fully saturated rings. The van der Waals surface area contributed by atoms with Gasteiger partial charge in [0.1, 0.15) is 0 Å². The molecule has 0 aliphatic carbocycles. The highest BCUT2D eigenvalue weighted by atomic mass is 16.2. The molecule has 0 spiro atoms. The molecule has 1 aliphatic heterocycles. The maximum Gasteiger partial charge on any atom is 0.254 e. The summed E-state index contributed by atoms with van der Waals surface area (Å²) in [5.74, 6) is 0.612. The van der Waals surface area contributed by atoms with E-state index in [0.717, 1.165) is 60.3 Å². The topological polar surface area (TPSA) is 51.0 Å². The first-order chi connectivity index (χ1) is 14.9. The molecular formula is C26H32N4O. The summed E-state index contributed by atoms with van der Waals surface area (Å²) in [5, 5.41) is 4.31. The zero-order valence-electron chi connectivity index (χ0n) is 19.0. The number of nitrogens with zero attached hydrogens (tertiary/aromatic N) is 4. The van der Waals surface area contributed by atoms with Gasteiger partial charge in [0.25, 0.3) is 5.91 Å². The van der Waals surface area contributed by atoms with Gasteiger partial charge >= 0.3 is 0 Å². The van der Waals surface area contributed by atoms with Crippen LogP contribution in [0.4, 0.5) is 0 Å². The molecule has 1 saturated heterocycles. The zero-order valence-corrected chi connectivity index (χ0v) is 19.0. The first kappa shape index (κ1) is 21.3. The number of benzene rings is 1. The molecule has 31 heavy (non-hydrogen) atoms. The minimum atomic E-state index is 0.133. The van der Waals surface area contributed by atoms with Crippen molar-refractivity contribution in [1.82, 2.24) is 19.7 Å². The summed E-state index contributed by atoms with van der Waals surface area (Å²) in [6, 6.07) is 12.6. The second-order valence-electron chi connectivity index (χ2n) is 8.94. The summed E-state index contributed by atoms with van der Waals surface area (Å²) in [5.41, 5.74) is 6.06. The fourth-order valence-corrected chi connectivity index (χ4v) is 4.73. The van der Waals surface area contributed by atoms with Gasteiger partial charge in [0.2, 0.25) is 0 Å². The molecule has 5 nitrogen and oxygen atoms in total. The molecule has 0 radical (unpaired) electrons. The molecule has 0 unspecified atom stereocenters. The predicted octanol–water partition coefficient (Wildman–Crippen LogP) is 4.97. The predicted molar refractivity (Wildman–Crippen MR) is 124 cm³/mol. The van der Waals surface area contributed by atoms with Gasteiger partial charge in [-0.05, 0) is 69.2 Å². The number of pyridine rings is 1. The number of carbonyl (C=O) groups is 1. The SMILES string of the molecule is Cc1ccc(CC[C@@H]2[C@H](C)CCCN2C(=O)c2cc(C)ccc2-c2ccnn2C)nc1. The summed E-state index contributed by atoms with van der Waals surface area (Å²) in [7, 11) is 1.92. The van der Waals surface area contributed by atoms with Crippen LogP contribution in [-0.2, 0) is 13.5 Å². The van der Waals surface area contributed by atoms with Gasteiger partial charge in [0.15, 0.2) is 0 Å². The number of rotatable bonds is 5. The Morgan fingerprint density at radius 1 is 1.13 bits per heavy atom. The Balaban J connectivity index is 1.62. The van der Waals surface area contributed by atoms with E-state index in [1.54, 1.807) is 6.20 Å². The molecule has 2 aromatic heterocycles. The summed E-state index contributed by atoms with van der Waals surface area (Å²) in [6.45, 7) is 7.20. The molecule has 162 valence electrons. The number of hydrogen-bond donors (Lipinski definition) is 0. The van der Waals surface area contributed by atoms with Gasteiger partial charge < -0.3 is 4.90 Å². The third-order valence-electron chi connectivity index (χ3n) is 6.55. The van der Waals surface area contributed by atoms with Gasteiger partial charge in [-0.15, -0.1) is 0 Å². The zero-order chi connectivity index (χ0) is 22.0. The first-order valence-electron chi connectivity index (χ1n) is 11.3. The number of aromatic nitrogens is 3. The molecule has 3 aromatic rings. The quantitative estimate of drug-likeness (QED) is 0.590. The lowest BCUT2D eigenvalue weighted by Gasteiger charge is -2.40. The van der Waals surface area contributed by atoms with Crippen LogP contribution in [0.1, 0.15) is 53.4 Å². The highest BCUT2D eigenvalue weighted by Gasteiger charge is 2.33. The van der Waals surface area contributed by atoms with Gasteiger partial charge in [0.05, 0.1) is 5.69 Å². The molecule has 1 amide bonds. The van der Waals surface area contributed by atoms with Crippen LogP contribution in [-0.4, -0.2) is 38.2 Å². The van der Waals surface area contributed by atoms with E-state index in [2.05, 4.69) is 53.1 Å². The monoisotopic (exact) mass is 416 g/mol. The van der Waals surface area contributed by atoms with E-state index in [4.69, 9.17) is 0 Å². The summed E-state index contributed by atoms with van der Waals surface area (Å²) >= 11 is 0. The Morgan fingerprint density at radius 2 is 1.94 bits per heavy atom. The first-order valence-corrected chi connectivity index (χ1v) is 11.3. The lowest BCUT2D eigenvalue weighted by atomic mass is 9.86. The van der Waals surface area contributed by atoms with E-state index in [1.807, 2.05) is 37.0 Å². The second-order valence-corrected chi connectivity index (χ2v) is 8.94. The van der Waals surface area contributed by atoms with E-state index in [1.165, 1.54) is 5.56 Å². The maximum absolute atomic E-state index is 13.9. The minimum Gasteiger partial charge on any atom is -0.335 e. The molecule has 5 heteroatoms. The third-order valence-corrected chi connectivity index (χ3v) is 6.55. The third kappa shape index (κ3) is 4.55. The Labute approximate surface area is 185 Å². The van der Waals surface area contributed by atoms with Crippen LogP contribution in [0, 0.1) is 19.8 Å². The molecule has 1 aliphatic rings. The Bertz CT molecular complexity index is 1050. The van der Waals surface area contributed by atoms with Crippen molar-refractivity contribution in [2.24, 2.45) is 13.0 Å². The molecule has 0 N–H and O–H groups in total. The lowest BCUT2D eigenvalue weighted by molar-refractivity contribution is 0.0499. The van der Waals surface area contributed by atoms with Crippen LogP contribution in [0.3, 0.4) is 0 Å². The van der Waals surface area contributed by atoms with Crippen LogP contribution >= 0.6 is 0 Å². The highest BCUT2D eigenvalue weighted by Crippen LogP contribution is 2.31. The maximum atomic E-state index is 13.9. The van der Waals surface area contributed by atoms with Gasteiger partial charge in [-0.2, -0.15) is 5.10 Å². The summed E-state index contributed by atoms with van der Waals surface area (Å²) in [4.78, 5) is 20.6. The van der Waals surface area contributed by atoms with Gasteiger partial charge in [-0.25, -0.2) is 0 Å². The highest BCUT2D eigenvalue weighted by molar-refractivity contribution is 6.01. The van der Waals surface area contributed by atoms with Gasteiger partial charge in [0, 0.05) is 48.8 Å². The fraction of sp³-hybridized carbons (Fsp3) is 0.423. The van der Waals surface area contributed by atoms with Crippen molar-refractivity contribution in [2.45, 2.75) is 52.5 Å². The number of aryl methyl sites for hydroxylation is 4. The molecule has 1 aromatic carbocycles. The van der Waals surface area contributed by atoms with E-state index in [0.29, 0.717) is 5.92 Å². The van der Waals surface area contributed by atoms with Crippen molar-refractivity contribution in [3.63, 3.8) is 0 Å². The van der Waals surface area contributed by atoms with Crippen molar-refractivity contribution < 1.29 is 4.79 Å².